The van der Waals surface area contributed by atoms with Crippen LogP contribution in [0.4, 0.5) is 0 Å². The molecular formula is C53H35N3. The molecule has 0 aliphatic heterocycles. The number of hydrogen-bond acceptors (Lipinski definition) is 1. The minimum absolute atomic E-state index is 0.893. The summed E-state index contributed by atoms with van der Waals surface area (Å²) in [6.45, 7) is 0. The SMILES string of the molecule is c1ccc(-c2cccc(-n3c4ccccc4c4cc(-c5ccc6c7ccccc7n(-c7cc(-c8ccccc8)cc(-c8ccccc8)n7)c6c5)ccc43)c2)cc1. The van der Waals surface area contributed by atoms with E-state index < -0.39 is 0 Å². The highest BCUT2D eigenvalue weighted by Crippen LogP contribution is 2.39. The molecule has 0 amide bonds. The molecule has 0 unspecified atom stereocenters. The zero-order valence-electron chi connectivity index (χ0n) is 30.5. The second-order valence-corrected chi connectivity index (χ2v) is 14.4. The Kier molecular flexibility index (Phi) is 7.49. The maximum absolute atomic E-state index is 5.37. The third-order valence-electron chi connectivity index (χ3n) is 11.1. The van der Waals surface area contributed by atoms with Crippen molar-refractivity contribution in [1.29, 1.82) is 0 Å². The second-order valence-electron chi connectivity index (χ2n) is 14.4. The van der Waals surface area contributed by atoms with Crippen molar-refractivity contribution in [3.05, 3.63) is 212 Å². The van der Waals surface area contributed by atoms with Crippen LogP contribution < -0.4 is 0 Å². The summed E-state index contributed by atoms with van der Waals surface area (Å²) < 4.78 is 4.74. The molecule has 3 heteroatoms. The Balaban J connectivity index is 1.10. The first kappa shape index (κ1) is 32.0. The Bertz CT molecular complexity index is 3170. The van der Waals surface area contributed by atoms with Crippen molar-refractivity contribution >= 4 is 43.6 Å². The van der Waals surface area contributed by atoms with Crippen molar-refractivity contribution in [2.45, 2.75) is 0 Å². The van der Waals surface area contributed by atoms with Gasteiger partial charge in [0.2, 0.25) is 0 Å². The van der Waals surface area contributed by atoms with Gasteiger partial charge in [-0.3, -0.25) is 4.57 Å². The number of aromatic nitrogens is 3. The highest BCUT2D eigenvalue weighted by Gasteiger charge is 2.18. The van der Waals surface area contributed by atoms with Crippen LogP contribution in [-0.4, -0.2) is 14.1 Å². The van der Waals surface area contributed by atoms with Crippen molar-refractivity contribution in [1.82, 2.24) is 14.1 Å². The molecule has 0 radical (unpaired) electrons. The highest BCUT2D eigenvalue weighted by atomic mass is 15.1. The molecule has 3 nitrogen and oxygen atoms in total. The number of nitrogens with zero attached hydrogens (tertiary/aromatic N) is 3. The summed E-state index contributed by atoms with van der Waals surface area (Å²) >= 11 is 0. The normalized spacial score (nSPS) is 11.6. The molecule has 0 atom stereocenters. The molecule has 0 N–H and O–H groups in total. The van der Waals surface area contributed by atoms with E-state index in [1.807, 2.05) is 0 Å². The lowest BCUT2D eigenvalue weighted by atomic mass is 10.0. The van der Waals surface area contributed by atoms with Gasteiger partial charge in [0.1, 0.15) is 5.82 Å². The third kappa shape index (κ3) is 5.32. The number of hydrogen-bond donors (Lipinski definition) is 0. The lowest BCUT2D eigenvalue weighted by Gasteiger charge is -2.13. The van der Waals surface area contributed by atoms with Crippen molar-refractivity contribution < 1.29 is 0 Å². The van der Waals surface area contributed by atoms with E-state index in [1.54, 1.807) is 0 Å². The van der Waals surface area contributed by atoms with Crippen LogP contribution in [0.25, 0.3) is 99.8 Å². The lowest BCUT2D eigenvalue weighted by molar-refractivity contribution is 1.08. The van der Waals surface area contributed by atoms with Gasteiger partial charge < -0.3 is 4.57 Å². The van der Waals surface area contributed by atoms with Gasteiger partial charge in [-0.05, 0) is 88.0 Å². The number of fused-ring (bicyclic) bond motifs is 6. The lowest BCUT2D eigenvalue weighted by Crippen LogP contribution is -2.00. The summed E-state index contributed by atoms with van der Waals surface area (Å²) in [7, 11) is 0. The first-order valence-corrected chi connectivity index (χ1v) is 19.1. The summed E-state index contributed by atoms with van der Waals surface area (Å²) in [6, 6.07) is 76.3. The van der Waals surface area contributed by atoms with Crippen LogP contribution in [-0.2, 0) is 0 Å². The third-order valence-corrected chi connectivity index (χ3v) is 11.1. The molecule has 0 saturated carbocycles. The standard InChI is InChI=1S/C53H35N3/c1-4-15-36(16-5-1)39-21-14-22-43(31-39)55-49-25-12-11-24-45(49)47-32-40(28-30-51(47)55)41-27-29-46-44-23-10-13-26-50(44)56(52(46)34-41)53-35-42(37-17-6-2-7-18-37)33-48(54-53)38-19-8-3-9-20-38/h1-35H. The van der Waals surface area contributed by atoms with Gasteiger partial charge in [-0.1, -0.05) is 158 Å². The average molecular weight is 714 g/mol. The van der Waals surface area contributed by atoms with Gasteiger partial charge in [-0.25, -0.2) is 4.98 Å². The molecule has 3 heterocycles. The van der Waals surface area contributed by atoms with Gasteiger partial charge in [0.05, 0.1) is 27.8 Å². The van der Waals surface area contributed by atoms with Crippen LogP contribution in [0.3, 0.4) is 0 Å². The van der Waals surface area contributed by atoms with Crippen LogP contribution in [0.15, 0.2) is 212 Å². The van der Waals surface area contributed by atoms with E-state index in [0.717, 1.165) is 50.5 Å². The quantitative estimate of drug-likeness (QED) is 0.168. The number of rotatable bonds is 6. The van der Waals surface area contributed by atoms with E-state index in [4.69, 9.17) is 4.98 Å². The zero-order chi connectivity index (χ0) is 37.0. The Morgan fingerprint density at radius 3 is 1.52 bits per heavy atom. The molecule has 11 aromatic rings. The van der Waals surface area contributed by atoms with Gasteiger partial charge >= 0.3 is 0 Å². The number of benzene rings is 8. The molecule has 0 saturated heterocycles. The zero-order valence-corrected chi connectivity index (χ0v) is 30.5. The van der Waals surface area contributed by atoms with Crippen LogP contribution in [0, 0.1) is 0 Å². The summed E-state index contributed by atoms with van der Waals surface area (Å²) in [5.41, 5.74) is 14.9. The van der Waals surface area contributed by atoms with E-state index in [9.17, 15) is 0 Å². The van der Waals surface area contributed by atoms with Crippen LogP contribution in [0.5, 0.6) is 0 Å². The van der Waals surface area contributed by atoms with Crippen molar-refractivity contribution in [3.8, 4) is 56.1 Å². The van der Waals surface area contributed by atoms with E-state index in [-0.39, 0.29) is 0 Å². The Hall–Kier alpha value is -7.49. The Labute approximate surface area is 325 Å². The van der Waals surface area contributed by atoms with Gasteiger partial charge in [-0.2, -0.15) is 0 Å². The summed E-state index contributed by atoms with van der Waals surface area (Å²) in [5, 5.41) is 4.88. The molecule has 11 rings (SSSR count). The van der Waals surface area contributed by atoms with Crippen LogP contribution in [0.1, 0.15) is 0 Å². The van der Waals surface area contributed by atoms with Gasteiger partial charge in [0, 0.05) is 32.8 Å². The maximum atomic E-state index is 5.37. The van der Waals surface area contributed by atoms with Gasteiger partial charge in [-0.15, -0.1) is 0 Å². The van der Waals surface area contributed by atoms with E-state index in [0.29, 0.717) is 0 Å². The van der Waals surface area contributed by atoms with Crippen molar-refractivity contribution in [2.75, 3.05) is 0 Å². The minimum Gasteiger partial charge on any atom is -0.309 e. The van der Waals surface area contributed by atoms with Crippen LogP contribution >= 0.6 is 0 Å². The molecule has 0 bridgehead atoms. The number of pyridine rings is 1. The molecular weight excluding hydrogens is 679 g/mol. The average Bonchev–Trinajstić information content (AvgIpc) is 3.79. The van der Waals surface area contributed by atoms with Gasteiger partial charge in [0.15, 0.2) is 0 Å². The molecule has 0 spiro atoms. The molecule has 0 aliphatic rings. The van der Waals surface area contributed by atoms with Crippen LogP contribution in [0.2, 0.25) is 0 Å². The van der Waals surface area contributed by atoms with Gasteiger partial charge in [0.25, 0.3) is 0 Å². The largest absolute Gasteiger partial charge is 0.309 e. The Morgan fingerprint density at radius 2 is 0.786 bits per heavy atom. The molecule has 262 valence electrons. The fourth-order valence-electron chi connectivity index (χ4n) is 8.47. The van der Waals surface area contributed by atoms with Crippen molar-refractivity contribution in [3.63, 3.8) is 0 Å². The number of para-hydroxylation sites is 2. The fourth-order valence-corrected chi connectivity index (χ4v) is 8.47. The maximum Gasteiger partial charge on any atom is 0.138 e. The summed E-state index contributed by atoms with van der Waals surface area (Å²) in [6.07, 6.45) is 0. The first-order chi connectivity index (χ1) is 27.8. The van der Waals surface area contributed by atoms with E-state index in [1.165, 1.54) is 49.3 Å². The van der Waals surface area contributed by atoms with E-state index >= 15 is 0 Å². The van der Waals surface area contributed by atoms with Crippen molar-refractivity contribution in [2.24, 2.45) is 0 Å². The topological polar surface area (TPSA) is 22.8 Å². The fraction of sp³-hybridized carbons (Fsp3) is 0. The molecule has 56 heavy (non-hydrogen) atoms. The highest BCUT2D eigenvalue weighted by molar-refractivity contribution is 6.12. The molecule has 8 aromatic carbocycles. The summed E-state index contributed by atoms with van der Waals surface area (Å²) in [5.74, 6) is 0.893. The smallest absolute Gasteiger partial charge is 0.138 e. The molecule has 0 fully saturated rings. The predicted octanol–water partition coefficient (Wildman–Crippen LogP) is 13.9. The minimum atomic E-state index is 0.893. The summed E-state index contributed by atoms with van der Waals surface area (Å²) in [4.78, 5) is 5.37. The van der Waals surface area contributed by atoms with E-state index in [2.05, 4.69) is 221 Å². The first-order valence-electron chi connectivity index (χ1n) is 19.1. The molecule has 0 aliphatic carbocycles. The monoisotopic (exact) mass is 713 g/mol. The molecule has 3 aromatic heterocycles. The Morgan fingerprint density at radius 1 is 0.268 bits per heavy atom. The predicted molar refractivity (Wildman–Crippen MR) is 235 cm³/mol. The second kappa shape index (κ2) is 13.1.